The fourth-order valence-corrected chi connectivity index (χ4v) is 10.4. The highest BCUT2D eigenvalue weighted by molar-refractivity contribution is 7.87. The molecular weight excluding hydrogens is 969 g/mol. The van der Waals surface area contributed by atoms with Gasteiger partial charge < -0.3 is 18.2 Å². The molecule has 18 nitrogen and oxygen atoms in total. The largest absolute Gasteiger partial charge is 0.741 e. The molecule has 0 N–H and O–H groups in total. The van der Waals surface area contributed by atoms with Crippen molar-refractivity contribution in [2.45, 2.75) is 73.1 Å². The van der Waals surface area contributed by atoms with Gasteiger partial charge in [0.05, 0.1) is 52.4 Å². The fraction of sp³-hybridized carbons (Fsp3) is 1.00. The fourth-order valence-electron chi connectivity index (χ4n) is 10.4. The average molecular weight is 1010 g/mol. The first-order valence-corrected chi connectivity index (χ1v) is 24.3. The van der Waals surface area contributed by atoms with Crippen molar-refractivity contribution in [1.29, 1.82) is 0 Å². The lowest BCUT2D eigenvalue weighted by molar-refractivity contribution is -1.12. The Morgan fingerprint density at radius 3 is 0.613 bits per heavy atom. The zero-order valence-electron chi connectivity index (χ0n) is 32.5. The predicted molar refractivity (Wildman–Crippen MR) is 181 cm³/mol. The molecule has 8 aliphatic heterocycles. The van der Waals surface area contributed by atoms with Crippen LogP contribution in [-0.4, -0.2) is 219 Å². The summed E-state index contributed by atoms with van der Waals surface area (Å²) in [7, 11) is -24.4. The number of hydrogen-bond donors (Lipinski definition) is 0. The van der Waals surface area contributed by atoms with Crippen LogP contribution in [-0.2, 0) is 40.5 Å². The quantitative estimate of drug-likeness (QED) is 0.143. The summed E-state index contributed by atoms with van der Waals surface area (Å²) < 4.78 is 242. The van der Waals surface area contributed by atoms with Gasteiger partial charge in [0.2, 0.25) is 0 Å². The number of rotatable bonds is 0. The van der Waals surface area contributed by atoms with Gasteiger partial charge in [0.15, 0.2) is 40.5 Å². The molecule has 0 aromatic rings. The minimum Gasteiger partial charge on any atom is -0.741 e. The number of alkyl halides is 12. The number of halogens is 12. The van der Waals surface area contributed by atoms with Crippen LogP contribution in [0, 0.1) is 0 Å². The summed E-state index contributed by atoms with van der Waals surface area (Å²) in [5.74, 6) is 0. The summed E-state index contributed by atoms with van der Waals surface area (Å²) in [4.78, 5) is 5.69. The van der Waals surface area contributed by atoms with Crippen LogP contribution in [0.1, 0.15) is 38.5 Å². The van der Waals surface area contributed by atoms with Crippen LogP contribution in [0.2, 0.25) is 0 Å². The molecule has 2 unspecified atom stereocenters. The molecule has 8 saturated heterocycles. The molecule has 8 aliphatic rings. The smallest absolute Gasteiger partial charge is 0.485 e. The van der Waals surface area contributed by atoms with Gasteiger partial charge in [-0.1, -0.05) is 0 Å². The second kappa shape index (κ2) is 18.7. The molecule has 34 heteroatoms. The summed E-state index contributed by atoms with van der Waals surface area (Å²) in [5.41, 5.74) is -22.6. The molecule has 0 radical (unpaired) electrons. The van der Waals surface area contributed by atoms with E-state index in [1.165, 1.54) is 161 Å². The minimum absolute atomic E-state index is 0.904. The molecule has 0 spiro atoms. The summed E-state index contributed by atoms with van der Waals surface area (Å²) in [6.07, 6.45) is 10.6. The van der Waals surface area contributed by atoms with Crippen LogP contribution >= 0.6 is 0 Å². The molecule has 0 aromatic heterocycles. The van der Waals surface area contributed by atoms with Crippen molar-refractivity contribution in [3.63, 3.8) is 0 Å². The van der Waals surface area contributed by atoms with Gasteiger partial charge in [-0.15, -0.1) is 0 Å². The molecule has 62 heavy (non-hydrogen) atoms. The Kier molecular flexibility index (Phi) is 16.5. The van der Waals surface area contributed by atoms with Gasteiger partial charge >= 0.3 is 22.0 Å². The van der Waals surface area contributed by atoms with Crippen molar-refractivity contribution >= 4 is 40.5 Å². The molecule has 8 fully saturated rings. The Bertz CT molecular complexity index is 1720. The van der Waals surface area contributed by atoms with Crippen molar-refractivity contribution in [3.8, 4) is 0 Å². The lowest BCUT2D eigenvalue weighted by Gasteiger charge is -2.56. The second-order valence-corrected chi connectivity index (χ2v) is 21.5. The Hall–Kier alpha value is -1.44. The van der Waals surface area contributed by atoms with Crippen LogP contribution in [0.25, 0.3) is 0 Å². The number of hydrogen-bond acceptors (Lipinski definition) is 14. The molecule has 6 atom stereocenters. The summed E-state index contributed by atoms with van der Waals surface area (Å²) in [6.45, 7) is 23.4. The van der Waals surface area contributed by atoms with E-state index in [2.05, 4.69) is 9.80 Å². The van der Waals surface area contributed by atoms with Crippen molar-refractivity contribution < 1.29 is 122 Å². The maximum atomic E-state index is 10.7. The van der Waals surface area contributed by atoms with Crippen LogP contribution in [0.3, 0.4) is 0 Å². The Morgan fingerprint density at radius 2 is 0.468 bits per heavy atom. The zero-order valence-corrected chi connectivity index (χ0v) is 35.7. The molecule has 0 amide bonds. The molecular formula is C28H46F12N6O12S4. The average Bonchev–Trinajstić information content (AvgIpc) is 3.45. The van der Waals surface area contributed by atoms with Crippen molar-refractivity contribution in [2.24, 2.45) is 0 Å². The molecule has 0 aromatic carbocycles. The predicted octanol–water partition coefficient (Wildman–Crippen LogP) is 1.07. The Morgan fingerprint density at radius 1 is 0.323 bits per heavy atom. The molecule has 0 aliphatic carbocycles. The number of quaternary nitrogens is 4. The first-order chi connectivity index (χ1) is 27.7. The van der Waals surface area contributed by atoms with E-state index in [1.807, 2.05) is 0 Å². The minimum atomic E-state index is -6.09. The van der Waals surface area contributed by atoms with E-state index in [9.17, 15) is 52.7 Å². The van der Waals surface area contributed by atoms with E-state index in [-0.39, 0.29) is 0 Å². The normalized spacial score (nSPS) is 33.4. The van der Waals surface area contributed by atoms with Crippen LogP contribution in [0.5, 0.6) is 0 Å². The molecule has 0 saturated carbocycles. The van der Waals surface area contributed by atoms with Gasteiger partial charge in [-0.25, -0.2) is 43.5 Å². The Balaban J connectivity index is 0.000000206. The third-order valence-corrected chi connectivity index (χ3v) is 14.6. The third-order valence-electron chi connectivity index (χ3n) is 12.3. The monoisotopic (exact) mass is 1010 g/mol. The highest BCUT2D eigenvalue weighted by Crippen LogP contribution is 2.44. The summed E-state index contributed by atoms with van der Waals surface area (Å²) >= 11 is 0. The lowest BCUT2D eigenvalue weighted by Crippen LogP contribution is -2.77. The summed E-state index contributed by atoms with van der Waals surface area (Å²) in [5, 5.41) is 0. The van der Waals surface area contributed by atoms with Gasteiger partial charge in [0, 0.05) is 64.7 Å². The summed E-state index contributed by atoms with van der Waals surface area (Å²) in [6, 6.07) is 0. The van der Waals surface area contributed by atoms with Gasteiger partial charge in [-0.05, 0) is 0 Å². The molecule has 368 valence electrons. The lowest BCUT2D eigenvalue weighted by atomic mass is 10.1. The van der Waals surface area contributed by atoms with E-state index >= 15 is 0 Å². The van der Waals surface area contributed by atoms with Crippen LogP contribution in [0.15, 0.2) is 0 Å². The Labute approximate surface area is 349 Å². The highest BCUT2D eigenvalue weighted by Gasteiger charge is 2.66. The molecule has 4 bridgehead atoms. The van der Waals surface area contributed by atoms with Crippen molar-refractivity contribution in [3.05, 3.63) is 0 Å². The third kappa shape index (κ3) is 12.5. The second-order valence-electron chi connectivity index (χ2n) is 16.0. The highest BCUT2D eigenvalue weighted by atomic mass is 32.2. The van der Waals surface area contributed by atoms with Gasteiger partial charge in [-0.2, -0.15) is 52.7 Å². The van der Waals surface area contributed by atoms with E-state index in [4.69, 9.17) is 51.9 Å². The first kappa shape index (κ1) is 54.9. The van der Waals surface area contributed by atoms with Crippen molar-refractivity contribution in [1.82, 2.24) is 9.80 Å². The number of nitrogens with zero attached hydrogens (tertiary/aromatic N) is 6. The van der Waals surface area contributed by atoms with Crippen LogP contribution < -0.4 is 0 Å². The maximum Gasteiger partial charge on any atom is 0.485 e. The maximum absolute atomic E-state index is 10.7. The standard InChI is InChI=1S/2C12H23N3.4CHF3O3S/c2*1-4-13-5-2-7-15-9-3-8-14(6-1,10-11-15)12(13)15;4*2-1(3,4)8(5,6)7/h2*12H,1-11H2;4*(H,5,6,7)/q2*+2;;;;/p-4/t2*12?,14-,15+;;;;. The van der Waals surface area contributed by atoms with E-state index in [1.54, 1.807) is 0 Å². The SMILES string of the molecule is C1CN2CCC[N@@+]34CCC[N@@+](C1)(CC3)C24.C1CN2CCC[N@@+]34CCC[N@@+](C1)(CC3)C24.O=S(=O)([O-])C(F)(F)F.O=S(=O)([O-])C(F)(F)F.O=S(=O)([O-])C(F)(F)F.O=S(=O)([O-])C(F)(F)F. The first-order valence-electron chi connectivity index (χ1n) is 18.7. The van der Waals surface area contributed by atoms with E-state index < -0.39 is 62.5 Å². The van der Waals surface area contributed by atoms with E-state index in [0.29, 0.717) is 0 Å². The molecule has 8 heterocycles. The zero-order chi connectivity index (χ0) is 47.9. The van der Waals surface area contributed by atoms with Gasteiger partial charge in [-0.3, -0.25) is 17.9 Å². The van der Waals surface area contributed by atoms with Gasteiger partial charge in [0.25, 0.3) is 12.6 Å². The topological polar surface area (TPSA) is 235 Å². The van der Waals surface area contributed by atoms with Crippen LogP contribution in [0.4, 0.5) is 52.7 Å². The van der Waals surface area contributed by atoms with Gasteiger partial charge in [0.1, 0.15) is 26.2 Å². The van der Waals surface area contributed by atoms with Crippen molar-refractivity contribution in [2.75, 3.05) is 105 Å². The van der Waals surface area contributed by atoms with E-state index in [0.717, 1.165) is 12.6 Å². The molecule has 8 rings (SSSR count).